The Labute approximate surface area is 166 Å². The topological polar surface area (TPSA) is 116 Å². The zero-order chi connectivity index (χ0) is 21.0. The van der Waals surface area contributed by atoms with Crippen LogP contribution in [-0.4, -0.2) is 32.5 Å². The maximum Gasteiger partial charge on any atom is 0.326 e. The van der Waals surface area contributed by atoms with Gasteiger partial charge in [-0.05, 0) is 25.1 Å². The van der Waals surface area contributed by atoms with Gasteiger partial charge in [0.25, 0.3) is 11.6 Å². The molecule has 0 spiro atoms. The normalized spacial score (nSPS) is 11.8. The Kier molecular flexibility index (Phi) is 5.87. The van der Waals surface area contributed by atoms with Crippen molar-refractivity contribution in [2.75, 3.05) is 5.32 Å². The summed E-state index contributed by atoms with van der Waals surface area (Å²) in [5.41, 5.74) is 1.70. The van der Waals surface area contributed by atoms with Crippen molar-refractivity contribution < 1.29 is 19.2 Å². The van der Waals surface area contributed by atoms with Gasteiger partial charge in [-0.25, -0.2) is 4.98 Å². The zero-order valence-corrected chi connectivity index (χ0v) is 16.0. The van der Waals surface area contributed by atoms with Crippen molar-refractivity contribution in [2.45, 2.75) is 32.9 Å². The van der Waals surface area contributed by atoms with Crippen molar-refractivity contribution in [1.82, 2.24) is 9.55 Å². The number of rotatable bonds is 7. The number of para-hydroxylation sites is 2. The van der Waals surface area contributed by atoms with Gasteiger partial charge in [-0.15, -0.1) is 0 Å². The van der Waals surface area contributed by atoms with Gasteiger partial charge >= 0.3 is 5.97 Å². The first kappa shape index (κ1) is 20.0. The number of hydrogen-bond donors (Lipinski definition) is 1. The number of hydrogen-bond acceptors (Lipinski definition) is 6. The second-order valence-corrected chi connectivity index (χ2v) is 6.39. The van der Waals surface area contributed by atoms with Gasteiger partial charge in [0.15, 0.2) is 6.10 Å². The number of nitro benzene ring substituents is 1. The number of benzene rings is 2. The molecule has 0 aliphatic carbocycles. The molecule has 0 saturated carbocycles. The molecular weight excluding hydrogens is 376 g/mol. The van der Waals surface area contributed by atoms with Crippen LogP contribution in [0.2, 0.25) is 0 Å². The summed E-state index contributed by atoms with van der Waals surface area (Å²) < 4.78 is 7.02. The molecule has 9 heteroatoms. The summed E-state index contributed by atoms with van der Waals surface area (Å²) in [7, 11) is 0. The SMILES string of the molecule is CCc1nc2ccccc2n1CC(=O)OC(C)C(=O)Nc1cccc([N+](=O)[O-])c1. The standard InChI is InChI=1S/C20H20N4O5/c1-3-18-22-16-9-4-5-10-17(16)23(18)12-19(25)29-13(2)20(26)21-14-7-6-8-15(11-14)24(27)28/h4-11,13H,3,12H2,1-2H3,(H,21,26). The van der Waals surface area contributed by atoms with Crippen LogP contribution >= 0.6 is 0 Å². The van der Waals surface area contributed by atoms with Crippen LogP contribution in [0.5, 0.6) is 0 Å². The summed E-state index contributed by atoms with van der Waals surface area (Å²) in [5, 5.41) is 13.3. The third kappa shape index (κ3) is 4.57. The molecule has 1 unspecified atom stereocenters. The summed E-state index contributed by atoms with van der Waals surface area (Å²) in [4.78, 5) is 39.5. The highest BCUT2D eigenvalue weighted by Crippen LogP contribution is 2.18. The van der Waals surface area contributed by atoms with E-state index in [2.05, 4.69) is 10.3 Å². The van der Waals surface area contributed by atoms with Crippen LogP contribution in [0, 0.1) is 10.1 Å². The van der Waals surface area contributed by atoms with Crippen LogP contribution in [0.1, 0.15) is 19.7 Å². The number of aryl methyl sites for hydroxylation is 1. The molecule has 0 aliphatic heterocycles. The highest BCUT2D eigenvalue weighted by molar-refractivity contribution is 5.95. The molecule has 0 bridgehead atoms. The Hall–Kier alpha value is -3.75. The number of nitro groups is 1. The fourth-order valence-corrected chi connectivity index (χ4v) is 2.93. The lowest BCUT2D eigenvalue weighted by atomic mass is 10.2. The van der Waals surface area contributed by atoms with Crippen molar-refractivity contribution in [3.8, 4) is 0 Å². The smallest absolute Gasteiger partial charge is 0.326 e. The number of ether oxygens (including phenoxy) is 1. The van der Waals surface area contributed by atoms with Crippen LogP contribution in [0.4, 0.5) is 11.4 Å². The molecule has 0 fully saturated rings. The molecule has 2 aromatic carbocycles. The first-order valence-corrected chi connectivity index (χ1v) is 9.08. The lowest BCUT2D eigenvalue weighted by molar-refractivity contribution is -0.384. The molecule has 1 aromatic heterocycles. The third-order valence-corrected chi connectivity index (χ3v) is 4.34. The first-order valence-electron chi connectivity index (χ1n) is 9.08. The molecule has 1 atom stereocenters. The van der Waals surface area contributed by atoms with Crippen LogP contribution in [-0.2, 0) is 27.3 Å². The van der Waals surface area contributed by atoms with E-state index in [-0.39, 0.29) is 17.9 Å². The summed E-state index contributed by atoms with van der Waals surface area (Å²) >= 11 is 0. The van der Waals surface area contributed by atoms with Crippen LogP contribution < -0.4 is 5.32 Å². The maximum absolute atomic E-state index is 12.4. The van der Waals surface area contributed by atoms with Gasteiger partial charge in [-0.2, -0.15) is 0 Å². The predicted molar refractivity (Wildman–Crippen MR) is 106 cm³/mol. The molecule has 0 radical (unpaired) electrons. The predicted octanol–water partition coefficient (Wildman–Crippen LogP) is 3.08. The number of aromatic nitrogens is 2. The summed E-state index contributed by atoms with van der Waals surface area (Å²) in [5.74, 6) is -0.411. The number of anilines is 1. The van der Waals surface area contributed by atoms with E-state index in [4.69, 9.17) is 4.74 Å². The minimum atomic E-state index is -1.07. The molecule has 3 rings (SSSR count). The molecule has 0 saturated heterocycles. The average Bonchev–Trinajstić information content (AvgIpc) is 3.05. The third-order valence-electron chi connectivity index (χ3n) is 4.34. The number of nitrogens with zero attached hydrogens (tertiary/aromatic N) is 3. The second-order valence-electron chi connectivity index (χ2n) is 6.39. The summed E-state index contributed by atoms with van der Waals surface area (Å²) in [6.45, 7) is 3.31. The molecule has 29 heavy (non-hydrogen) atoms. The zero-order valence-electron chi connectivity index (χ0n) is 16.0. The molecule has 1 amide bonds. The number of carbonyl (C=O) groups is 2. The van der Waals surface area contributed by atoms with Crippen molar-refractivity contribution in [3.63, 3.8) is 0 Å². The van der Waals surface area contributed by atoms with Crippen molar-refractivity contribution in [3.05, 3.63) is 64.5 Å². The van der Waals surface area contributed by atoms with E-state index < -0.39 is 22.9 Å². The minimum Gasteiger partial charge on any atom is -0.451 e. The lowest BCUT2D eigenvalue weighted by Gasteiger charge is -2.14. The quantitative estimate of drug-likeness (QED) is 0.373. The molecule has 150 valence electrons. The highest BCUT2D eigenvalue weighted by Gasteiger charge is 2.20. The largest absolute Gasteiger partial charge is 0.451 e. The lowest BCUT2D eigenvalue weighted by Crippen LogP contribution is -2.31. The molecular formula is C20H20N4O5. The number of amides is 1. The summed E-state index contributed by atoms with van der Waals surface area (Å²) in [6.07, 6.45) is -0.424. The van der Waals surface area contributed by atoms with Crippen molar-refractivity contribution >= 4 is 34.3 Å². The van der Waals surface area contributed by atoms with Gasteiger partial charge in [0.2, 0.25) is 0 Å². The van der Waals surface area contributed by atoms with Crippen LogP contribution in [0.3, 0.4) is 0 Å². The summed E-state index contributed by atoms with van der Waals surface area (Å²) in [6, 6.07) is 13.0. The van der Waals surface area contributed by atoms with Crippen molar-refractivity contribution in [1.29, 1.82) is 0 Å². The van der Waals surface area contributed by atoms with Crippen LogP contribution in [0.25, 0.3) is 11.0 Å². The number of nitrogens with one attached hydrogen (secondary N) is 1. The van der Waals surface area contributed by atoms with E-state index in [9.17, 15) is 19.7 Å². The number of fused-ring (bicyclic) bond motifs is 1. The van der Waals surface area contributed by atoms with Gasteiger partial charge in [-0.1, -0.05) is 25.1 Å². The molecule has 9 nitrogen and oxygen atoms in total. The van der Waals surface area contributed by atoms with E-state index in [1.807, 2.05) is 31.2 Å². The average molecular weight is 396 g/mol. The monoisotopic (exact) mass is 396 g/mol. The van der Waals surface area contributed by atoms with Gasteiger partial charge in [0.1, 0.15) is 12.4 Å². The number of esters is 1. The Morgan fingerprint density at radius 1 is 1.24 bits per heavy atom. The van der Waals surface area contributed by atoms with E-state index in [0.717, 1.165) is 16.9 Å². The number of carbonyl (C=O) groups excluding carboxylic acids is 2. The van der Waals surface area contributed by atoms with Crippen molar-refractivity contribution in [2.24, 2.45) is 0 Å². The van der Waals surface area contributed by atoms with Gasteiger partial charge in [0.05, 0.1) is 16.0 Å². The molecule has 0 aliphatic rings. The molecule has 3 aromatic rings. The van der Waals surface area contributed by atoms with E-state index in [0.29, 0.717) is 6.42 Å². The Morgan fingerprint density at radius 2 is 2.00 bits per heavy atom. The van der Waals surface area contributed by atoms with E-state index >= 15 is 0 Å². The van der Waals surface area contributed by atoms with Gasteiger partial charge in [0, 0.05) is 24.2 Å². The highest BCUT2D eigenvalue weighted by atomic mass is 16.6. The maximum atomic E-state index is 12.4. The molecule has 1 heterocycles. The van der Waals surface area contributed by atoms with E-state index in [1.54, 1.807) is 4.57 Å². The van der Waals surface area contributed by atoms with E-state index in [1.165, 1.54) is 31.2 Å². The number of imidazole rings is 1. The minimum absolute atomic E-state index is 0.0713. The Balaban J connectivity index is 1.66. The Morgan fingerprint density at radius 3 is 2.72 bits per heavy atom. The second kappa shape index (κ2) is 8.51. The van der Waals surface area contributed by atoms with Gasteiger partial charge < -0.3 is 14.6 Å². The fraction of sp³-hybridized carbons (Fsp3) is 0.250. The number of non-ortho nitro benzene ring substituents is 1. The molecule has 1 N–H and O–H groups in total. The first-order chi connectivity index (χ1) is 13.9. The Bertz CT molecular complexity index is 1080. The van der Waals surface area contributed by atoms with Crippen LogP contribution in [0.15, 0.2) is 48.5 Å². The van der Waals surface area contributed by atoms with Gasteiger partial charge in [-0.3, -0.25) is 19.7 Å². The fourth-order valence-electron chi connectivity index (χ4n) is 2.93.